The minimum absolute atomic E-state index is 0.224. The third-order valence-electron chi connectivity index (χ3n) is 3.81. The van der Waals surface area contributed by atoms with Crippen molar-refractivity contribution in [3.8, 4) is 0 Å². The largest absolute Gasteiger partial charge is 0.365 e. The summed E-state index contributed by atoms with van der Waals surface area (Å²) >= 11 is 3.61. The van der Waals surface area contributed by atoms with Gasteiger partial charge < -0.3 is 16.0 Å². The van der Waals surface area contributed by atoms with Crippen LogP contribution in [0.4, 0.5) is 5.00 Å². The summed E-state index contributed by atoms with van der Waals surface area (Å²) in [6.07, 6.45) is 0.777. The Morgan fingerprint density at radius 3 is 2.87 bits per heavy atom. The summed E-state index contributed by atoms with van der Waals surface area (Å²) in [5, 5.41) is 3.42. The van der Waals surface area contributed by atoms with Gasteiger partial charge in [0.05, 0.1) is 5.56 Å². The van der Waals surface area contributed by atoms with Crippen LogP contribution in [-0.4, -0.2) is 30.3 Å². The number of nitrogens with one attached hydrogen (secondary N) is 1. The molecule has 0 unspecified atom stereocenters. The number of hydrogen-bond acceptors (Lipinski definition) is 4. The fourth-order valence-corrected chi connectivity index (χ4v) is 4.56. The van der Waals surface area contributed by atoms with Gasteiger partial charge in [-0.1, -0.05) is 6.07 Å². The van der Waals surface area contributed by atoms with Crippen LogP contribution < -0.4 is 11.1 Å². The van der Waals surface area contributed by atoms with E-state index in [1.165, 1.54) is 11.3 Å². The number of amides is 2. The zero-order chi connectivity index (χ0) is 16.6. The molecule has 3 N–H and O–H groups in total. The van der Waals surface area contributed by atoms with Gasteiger partial charge in [-0.05, 0) is 59.8 Å². The van der Waals surface area contributed by atoms with Crippen LogP contribution >= 0.6 is 33.9 Å². The van der Waals surface area contributed by atoms with Crippen LogP contribution in [0.3, 0.4) is 0 Å². The molecule has 2 heterocycles. The minimum atomic E-state index is -0.481. The monoisotopic (exact) mass is 441 g/mol. The molecule has 0 saturated carbocycles. The molecule has 7 heteroatoms. The lowest BCUT2D eigenvalue weighted by atomic mass is 10.0. The van der Waals surface area contributed by atoms with Crippen molar-refractivity contribution in [3.63, 3.8) is 0 Å². The van der Waals surface area contributed by atoms with Crippen molar-refractivity contribution >= 4 is 50.7 Å². The molecule has 0 bridgehead atoms. The summed E-state index contributed by atoms with van der Waals surface area (Å²) in [6, 6.07) is 7.32. The van der Waals surface area contributed by atoms with E-state index in [1.54, 1.807) is 12.1 Å². The smallest absolute Gasteiger partial charge is 0.256 e. The number of nitrogens with two attached hydrogens (primary N) is 1. The molecule has 1 aromatic carbocycles. The van der Waals surface area contributed by atoms with Gasteiger partial charge in [-0.15, -0.1) is 11.3 Å². The number of carbonyl (C=O) groups excluding carboxylic acids is 2. The highest BCUT2D eigenvalue weighted by atomic mass is 127. The quantitative estimate of drug-likeness (QED) is 0.720. The molecule has 23 heavy (non-hydrogen) atoms. The van der Waals surface area contributed by atoms with Gasteiger partial charge in [-0.3, -0.25) is 9.59 Å². The number of rotatable bonds is 3. The van der Waals surface area contributed by atoms with Crippen LogP contribution in [0.25, 0.3) is 0 Å². The van der Waals surface area contributed by atoms with Gasteiger partial charge in [0.25, 0.3) is 11.8 Å². The van der Waals surface area contributed by atoms with E-state index in [1.807, 2.05) is 19.2 Å². The third-order valence-corrected chi connectivity index (χ3v) is 5.61. The first-order valence-electron chi connectivity index (χ1n) is 7.15. The van der Waals surface area contributed by atoms with E-state index in [9.17, 15) is 9.59 Å². The van der Waals surface area contributed by atoms with Crippen LogP contribution in [0.5, 0.6) is 0 Å². The van der Waals surface area contributed by atoms with E-state index in [2.05, 4.69) is 32.8 Å². The molecule has 1 aliphatic heterocycles. The topological polar surface area (TPSA) is 75.4 Å². The zero-order valence-corrected chi connectivity index (χ0v) is 15.5. The van der Waals surface area contributed by atoms with E-state index in [-0.39, 0.29) is 5.91 Å². The molecule has 0 aliphatic carbocycles. The molecule has 0 saturated heterocycles. The predicted octanol–water partition coefficient (Wildman–Crippen LogP) is 2.69. The van der Waals surface area contributed by atoms with Gasteiger partial charge in [0.1, 0.15) is 5.00 Å². The molecular formula is C16H16IN3O2S. The summed E-state index contributed by atoms with van der Waals surface area (Å²) in [6.45, 7) is 1.66. The van der Waals surface area contributed by atoms with Crippen molar-refractivity contribution in [3.05, 3.63) is 49.4 Å². The summed E-state index contributed by atoms with van der Waals surface area (Å²) in [7, 11) is 2.04. The Kier molecular flexibility index (Phi) is 4.69. The van der Waals surface area contributed by atoms with Crippen LogP contribution in [-0.2, 0) is 13.0 Å². The highest BCUT2D eigenvalue weighted by Crippen LogP contribution is 2.36. The number of fused-ring (bicyclic) bond motifs is 1. The Morgan fingerprint density at radius 2 is 2.17 bits per heavy atom. The van der Waals surface area contributed by atoms with Gasteiger partial charge in [-0.2, -0.15) is 0 Å². The van der Waals surface area contributed by atoms with E-state index in [0.29, 0.717) is 16.1 Å². The molecule has 1 aliphatic rings. The van der Waals surface area contributed by atoms with Crippen molar-refractivity contribution in [2.24, 2.45) is 5.73 Å². The lowest BCUT2D eigenvalue weighted by molar-refractivity contribution is 0.1000. The van der Waals surface area contributed by atoms with Gasteiger partial charge >= 0.3 is 0 Å². The van der Waals surface area contributed by atoms with Crippen molar-refractivity contribution in [2.45, 2.75) is 13.0 Å². The summed E-state index contributed by atoms with van der Waals surface area (Å²) < 4.78 is 0.984. The lowest BCUT2D eigenvalue weighted by Gasteiger charge is -2.22. The predicted molar refractivity (Wildman–Crippen MR) is 100.0 cm³/mol. The average Bonchev–Trinajstić information content (AvgIpc) is 2.84. The number of benzene rings is 1. The number of carbonyl (C=O) groups is 2. The van der Waals surface area contributed by atoms with Gasteiger partial charge in [0.2, 0.25) is 0 Å². The Bertz CT molecular complexity index is 788. The summed E-state index contributed by atoms with van der Waals surface area (Å²) in [4.78, 5) is 27.6. The standard InChI is InChI=1S/C16H16IN3O2S/c1-20-6-5-11-12(8-20)23-16(13(11)14(18)21)19-15(22)9-3-2-4-10(17)7-9/h2-4,7H,5-6,8H2,1H3,(H2,18,21)(H,19,22). The first kappa shape index (κ1) is 16.4. The van der Waals surface area contributed by atoms with E-state index >= 15 is 0 Å². The molecule has 2 aromatic rings. The molecule has 3 rings (SSSR count). The normalized spacial score (nSPS) is 14.3. The van der Waals surface area contributed by atoms with E-state index in [4.69, 9.17) is 5.73 Å². The second-order valence-corrected chi connectivity index (χ2v) is 7.88. The van der Waals surface area contributed by atoms with E-state index < -0.39 is 5.91 Å². The average molecular weight is 441 g/mol. The third kappa shape index (κ3) is 3.41. The number of thiophene rings is 1. The first-order valence-corrected chi connectivity index (χ1v) is 9.05. The van der Waals surface area contributed by atoms with Crippen LogP contribution in [0.1, 0.15) is 31.2 Å². The maximum absolute atomic E-state index is 12.4. The second kappa shape index (κ2) is 6.58. The Morgan fingerprint density at radius 1 is 1.39 bits per heavy atom. The van der Waals surface area contributed by atoms with Crippen LogP contribution in [0, 0.1) is 3.57 Å². The molecule has 0 fully saturated rings. The number of likely N-dealkylation sites (N-methyl/N-ethyl adjacent to an activating group) is 1. The van der Waals surface area contributed by atoms with Crippen molar-refractivity contribution in [1.29, 1.82) is 0 Å². The van der Waals surface area contributed by atoms with Gasteiger partial charge in [0.15, 0.2) is 0 Å². The van der Waals surface area contributed by atoms with Crippen LogP contribution in [0.2, 0.25) is 0 Å². The molecule has 2 amide bonds. The molecular weight excluding hydrogens is 425 g/mol. The fraction of sp³-hybridized carbons (Fsp3) is 0.250. The van der Waals surface area contributed by atoms with Gasteiger partial charge in [-0.25, -0.2) is 0 Å². The maximum Gasteiger partial charge on any atom is 0.256 e. The second-order valence-electron chi connectivity index (χ2n) is 5.52. The first-order chi connectivity index (χ1) is 11.0. The van der Waals surface area contributed by atoms with Crippen LogP contribution in [0.15, 0.2) is 24.3 Å². The summed E-state index contributed by atoms with van der Waals surface area (Å²) in [5.74, 6) is -0.706. The minimum Gasteiger partial charge on any atom is -0.365 e. The van der Waals surface area contributed by atoms with Crippen molar-refractivity contribution in [2.75, 3.05) is 18.9 Å². The molecule has 0 spiro atoms. The Hall–Kier alpha value is -1.45. The zero-order valence-electron chi connectivity index (χ0n) is 12.6. The Balaban J connectivity index is 1.94. The van der Waals surface area contributed by atoms with Crippen molar-refractivity contribution < 1.29 is 9.59 Å². The number of anilines is 1. The molecule has 0 radical (unpaired) electrons. The number of halogens is 1. The number of hydrogen-bond donors (Lipinski definition) is 2. The van der Waals surface area contributed by atoms with Gasteiger partial charge in [0, 0.05) is 27.1 Å². The fourth-order valence-electron chi connectivity index (χ4n) is 2.68. The Labute approximate surface area is 152 Å². The van der Waals surface area contributed by atoms with E-state index in [0.717, 1.165) is 33.5 Å². The lowest BCUT2D eigenvalue weighted by Crippen LogP contribution is -2.27. The molecule has 1 aromatic heterocycles. The van der Waals surface area contributed by atoms with Crippen molar-refractivity contribution in [1.82, 2.24) is 4.90 Å². The molecule has 0 atom stereocenters. The number of nitrogens with zero attached hydrogens (tertiary/aromatic N) is 1. The highest BCUT2D eigenvalue weighted by Gasteiger charge is 2.26. The SMILES string of the molecule is CN1CCc2c(sc(NC(=O)c3cccc(I)c3)c2C(N)=O)C1. The summed E-state index contributed by atoms with van der Waals surface area (Å²) in [5.41, 5.74) is 7.58. The maximum atomic E-state index is 12.4. The highest BCUT2D eigenvalue weighted by molar-refractivity contribution is 14.1. The number of primary amides is 1. The molecule has 5 nitrogen and oxygen atoms in total. The molecule has 120 valence electrons.